The molecule has 1 heterocycles. The first kappa shape index (κ1) is 17.2. The van der Waals surface area contributed by atoms with Crippen molar-refractivity contribution >= 4 is 11.6 Å². The highest BCUT2D eigenvalue weighted by atomic mass is 16.1. The number of anilines is 1. The van der Waals surface area contributed by atoms with Crippen molar-refractivity contribution in [1.82, 2.24) is 9.78 Å². The normalized spacial score (nSPS) is 10.3. The standard InChI is InChI=1S/C20H18N4O2/c1-2-14-5-3-4-6-15(14)11-19(25)22-17-7-9-18(10-8-17)24-13-16(12-21)20(26)23-24/h3-10,13H,2,11H2,1H3,(H,22,25)(H,23,26). The van der Waals surface area contributed by atoms with Crippen LogP contribution in [0.3, 0.4) is 0 Å². The maximum Gasteiger partial charge on any atom is 0.282 e. The highest BCUT2D eigenvalue weighted by Gasteiger charge is 2.08. The lowest BCUT2D eigenvalue weighted by molar-refractivity contribution is -0.115. The molecule has 0 saturated heterocycles. The van der Waals surface area contributed by atoms with E-state index in [1.807, 2.05) is 30.3 Å². The quantitative estimate of drug-likeness (QED) is 0.744. The van der Waals surface area contributed by atoms with Gasteiger partial charge in [-0.3, -0.25) is 19.4 Å². The number of aromatic nitrogens is 2. The molecule has 0 bridgehead atoms. The fourth-order valence-electron chi connectivity index (χ4n) is 2.77. The molecule has 0 fully saturated rings. The summed E-state index contributed by atoms with van der Waals surface area (Å²) in [5.41, 5.74) is 3.18. The van der Waals surface area contributed by atoms with Crippen molar-refractivity contribution in [3.8, 4) is 11.8 Å². The van der Waals surface area contributed by atoms with Crippen LogP contribution in [0.4, 0.5) is 5.69 Å². The van der Waals surface area contributed by atoms with Gasteiger partial charge in [0.15, 0.2) is 0 Å². The van der Waals surface area contributed by atoms with Gasteiger partial charge in [0.25, 0.3) is 5.56 Å². The first-order valence-corrected chi connectivity index (χ1v) is 8.29. The van der Waals surface area contributed by atoms with Crippen LogP contribution in [0.1, 0.15) is 23.6 Å². The van der Waals surface area contributed by atoms with Crippen molar-refractivity contribution in [2.24, 2.45) is 0 Å². The lowest BCUT2D eigenvalue weighted by Gasteiger charge is -2.09. The van der Waals surface area contributed by atoms with Crippen molar-refractivity contribution in [1.29, 1.82) is 5.26 Å². The van der Waals surface area contributed by atoms with Gasteiger partial charge in [-0.15, -0.1) is 0 Å². The molecular weight excluding hydrogens is 328 g/mol. The number of nitrogens with one attached hydrogen (secondary N) is 2. The van der Waals surface area contributed by atoms with Crippen LogP contribution < -0.4 is 10.9 Å². The molecule has 2 aromatic carbocycles. The molecule has 26 heavy (non-hydrogen) atoms. The number of amides is 1. The van der Waals surface area contributed by atoms with E-state index in [1.54, 1.807) is 24.3 Å². The van der Waals surface area contributed by atoms with Gasteiger partial charge in [-0.25, -0.2) is 0 Å². The van der Waals surface area contributed by atoms with Crippen LogP contribution in [-0.4, -0.2) is 15.7 Å². The molecule has 1 amide bonds. The summed E-state index contributed by atoms with van der Waals surface area (Å²) < 4.78 is 1.48. The van der Waals surface area contributed by atoms with Gasteiger partial charge >= 0.3 is 0 Å². The number of H-pyrrole nitrogens is 1. The van der Waals surface area contributed by atoms with Gasteiger partial charge in [0, 0.05) is 5.69 Å². The van der Waals surface area contributed by atoms with Crippen molar-refractivity contribution in [2.45, 2.75) is 19.8 Å². The highest BCUT2D eigenvalue weighted by molar-refractivity contribution is 5.92. The van der Waals surface area contributed by atoms with E-state index in [1.165, 1.54) is 16.4 Å². The smallest absolute Gasteiger partial charge is 0.282 e. The molecule has 6 nitrogen and oxygen atoms in total. The molecule has 0 saturated carbocycles. The highest BCUT2D eigenvalue weighted by Crippen LogP contribution is 2.15. The summed E-state index contributed by atoms with van der Waals surface area (Å²) in [5.74, 6) is -0.0835. The second-order valence-corrected chi connectivity index (χ2v) is 5.86. The Bertz CT molecular complexity index is 1020. The lowest BCUT2D eigenvalue weighted by atomic mass is 10.0. The van der Waals surface area contributed by atoms with E-state index >= 15 is 0 Å². The van der Waals surface area contributed by atoms with Crippen LogP contribution in [0.5, 0.6) is 0 Å². The van der Waals surface area contributed by atoms with Gasteiger partial charge in [0.1, 0.15) is 11.6 Å². The van der Waals surface area contributed by atoms with E-state index in [9.17, 15) is 9.59 Å². The van der Waals surface area contributed by atoms with Gasteiger partial charge in [-0.2, -0.15) is 5.26 Å². The molecule has 1 aromatic heterocycles. The van der Waals surface area contributed by atoms with Gasteiger partial charge < -0.3 is 5.32 Å². The van der Waals surface area contributed by atoms with E-state index < -0.39 is 5.56 Å². The SMILES string of the molecule is CCc1ccccc1CC(=O)Nc1ccc(-n2cc(C#N)c(=O)[nH]2)cc1. The molecular formula is C20H18N4O2. The third kappa shape index (κ3) is 3.73. The van der Waals surface area contributed by atoms with E-state index in [0.717, 1.165) is 12.0 Å². The largest absolute Gasteiger partial charge is 0.326 e. The van der Waals surface area contributed by atoms with E-state index in [0.29, 0.717) is 17.8 Å². The number of nitrogens with zero attached hydrogens (tertiary/aromatic N) is 2. The Morgan fingerprint density at radius 1 is 1.15 bits per heavy atom. The summed E-state index contributed by atoms with van der Waals surface area (Å²) >= 11 is 0. The van der Waals surface area contributed by atoms with Crippen LogP contribution in [0, 0.1) is 11.3 Å². The number of aromatic amines is 1. The Hall–Kier alpha value is -3.59. The number of aryl methyl sites for hydroxylation is 1. The summed E-state index contributed by atoms with van der Waals surface area (Å²) in [6.45, 7) is 2.07. The summed E-state index contributed by atoms with van der Waals surface area (Å²) in [5, 5.41) is 14.3. The average Bonchev–Trinajstić information content (AvgIpc) is 3.03. The van der Waals surface area contributed by atoms with E-state index in [2.05, 4.69) is 17.3 Å². The molecule has 0 aliphatic carbocycles. The molecule has 0 atom stereocenters. The maximum absolute atomic E-state index is 12.3. The topological polar surface area (TPSA) is 90.7 Å². The Morgan fingerprint density at radius 2 is 1.85 bits per heavy atom. The predicted octanol–water partition coefficient (Wildman–Crippen LogP) is 2.78. The second kappa shape index (κ2) is 7.53. The summed E-state index contributed by atoms with van der Waals surface area (Å²) in [4.78, 5) is 23.8. The zero-order valence-electron chi connectivity index (χ0n) is 14.3. The van der Waals surface area contributed by atoms with Crippen molar-refractivity contribution in [2.75, 3.05) is 5.32 Å². The van der Waals surface area contributed by atoms with Crippen LogP contribution in [-0.2, 0) is 17.6 Å². The number of hydrogen-bond acceptors (Lipinski definition) is 3. The zero-order valence-corrected chi connectivity index (χ0v) is 14.3. The Morgan fingerprint density at radius 3 is 2.46 bits per heavy atom. The van der Waals surface area contributed by atoms with Gasteiger partial charge in [-0.1, -0.05) is 31.2 Å². The minimum atomic E-state index is -0.431. The number of nitriles is 1. The number of carbonyl (C=O) groups is 1. The molecule has 130 valence electrons. The van der Waals surface area contributed by atoms with Crippen LogP contribution in [0.25, 0.3) is 5.69 Å². The minimum Gasteiger partial charge on any atom is -0.326 e. The summed E-state index contributed by atoms with van der Waals surface area (Å²) in [6.07, 6.45) is 2.65. The van der Waals surface area contributed by atoms with Crippen molar-refractivity contribution in [3.05, 3.63) is 81.8 Å². The van der Waals surface area contributed by atoms with E-state index in [4.69, 9.17) is 5.26 Å². The maximum atomic E-state index is 12.3. The molecule has 0 spiro atoms. The molecule has 0 unspecified atom stereocenters. The van der Waals surface area contributed by atoms with Gasteiger partial charge in [-0.05, 0) is 41.8 Å². The third-order valence-electron chi connectivity index (χ3n) is 4.12. The zero-order chi connectivity index (χ0) is 18.5. The summed E-state index contributed by atoms with van der Waals surface area (Å²) in [7, 11) is 0. The second-order valence-electron chi connectivity index (χ2n) is 5.86. The fourth-order valence-corrected chi connectivity index (χ4v) is 2.77. The van der Waals surface area contributed by atoms with Crippen LogP contribution in [0.2, 0.25) is 0 Å². The predicted molar refractivity (Wildman–Crippen MR) is 99.3 cm³/mol. The molecule has 0 aliphatic rings. The van der Waals surface area contributed by atoms with E-state index in [-0.39, 0.29) is 11.5 Å². The number of carbonyl (C=O) groups excluding carboxylic acids is 1. The van der Waals surface area contributed by atoms with Crippen molar-refractivity contribution in [3.63, 3.8) is 0 Å². The first-order valence-electron chi connectivity index (χ1n) is 8.29. The molecule has 6 heteroatoms. The Balaban J connectivity index is 1.70. The average molecular weight is 346 g/mol. The Kier molecular flexibility index (Phi) is 4.99. The number of hydrogen-bond donors (Lipinski definition) is 2. The monoisotopic (exact) mass is 346 g/mol. The minimum absolute atomic E-state index is 0.0527. The van der Waals surface area contributed by atoms with Gasteiger partial charge in [0.2, 0.25) is 5.91 Å². The lowest BCUT2D eigenvalue weighted by Crippen LogP contribution is -2.15. The molecule has 0 aliphatic heterocycles. The van der Waals surface area contributed by atoms with Crippen molar-refractivity contribution < 1.29 is 4.79 Å². The number of benzene rings is 2. The first-order chi connectivity index (χ1) is 12.6. The molecule has 2 N–H and O–H groups in total. The fraction of sp³-hybridized carbons (Fsp3) is 0.150. The van der Waals surface area contributed by atoms with Gasteiger partial charge in [0.05, 0.1) is 18.3 Å². The number of rotatable bonds is 5. The van der Waals surface area contributed by atoms with Crippen LogP contribution in [0.15, 0.2) is 59.5 Å². The third-order valence-corrected chi connectivity index (χ3v) is 4.12. The molecule has 3 aromatic rings. The Labute approximate surface area is 150 Å². The molecule has 3 rings (SSSR count). The molecule has 0 radical (unpaired) electrons. The summed E-state index contributed by atoms with van der Waals surface area (Å²) in [6, 6.07) is 16.8. The van der Waals surface area contributed by atoms with Crippen LogP contribution >= 0.6 is 0 Å².